The fraction of sp³-hybridized carbons (Fsp3) is 0.318. The number of rotatable bonds is 4. The molecule has 27 heavy (non-hydrogen) atoms. The molecule has 1 saturated carbocycles. The van der Waals surface area contributed by atoms with Crippen LogP contribution in [0.5, 0.6) is 0 Å². The second kappa shape index (κ2) is 6.05. The van der Waals surface area contributed by atoms with Gasteiger partial charge in [-0.2, -0.15) is 0 Å². The van der Waals surface area contributed by atoms with Crippen LogP contribution < -0.4 is 0 Å². The number of imidazole rings is 1. The van der Waals surface area contributed by atoms with Gasteiger partial charge in [-0.05, 0) is 61.6 Å². The number of aromatic amines is 1. The molecular formula is C22H22N4O. The third kappa shape index (κ3) is 2.74. The molecule has 0 saturated heterocycles. The van der Waals surface area contributed by atoms with Crippen LogP contribution in [0.1, 0.15) is 60.0 Å². The first kappa shape index (κ1) is 16.2. The Morgan fingerprint density at radius 1 is 1.22 bits per heavy atom. The van der Waals surface area contributed by atoms with Crippen molar-refractivity contribution >= 4 is 11.0 Å². The minimum absolute atomic E-state index is 0.192. The molecule has 1 unspecified atom stereocenters. The van der Waals surface area contributed by atoms with Crippen LogP contribution in [0.2, 0.25) is 0 Å². The Kier molecular flexibility index (Phi) is 3.64. The van der Waals surface area contributed by atoms with E-state index < -0.39 is 0 Å². The summed E-state index contributed by atoms with van der Waals surface area (Å²) in [6.07, 6.45) is 6.20. The molecule has 0 bridgehead atoms. The molecule has 0 aliphatic heterocycles. The molecule has 0 spiro atoms. The van der Waals surface area contributed by atoms with E-state index in [1.165, 1.54) is 24.0 Å². The number of aryl methyl sites for hydroxylation is 2. The van der Waals surface area contributed by atoms with Crippen LogP contribution in [-0.4, -0.2) is 20.1 Å². The number of aromatic nitrogens is 4. The third-order valence-electron chi connectivity index (χ3n) is 5.57. The summed E-state index contributed by atoms with van der Waals surface area (Å²) in [6, 6.07) is 8.53. The van der Waals surface area contributed by atoms with Crippen LogP contribution in [-0.2, 0) is 0 Å². The predicted octanol–water partition coefficient (Wildman–Crippen LogP) is 5.26. The summed E-state index contributed by atoms with van der Waals surface area (Å²) in [6.45, 7) is 6.17. The van der Waals surface area contributed by atoms with E-state index in [0.29, 0.717) is 5.92 Å². The van der Waals surface area contributed by atoms with Crippen LogP contribution in [0.25, 0.3) is 22.2 Å². The first-order chi connectivity index (χ1) is 13.1. The van der Waals surface area contributed by atoms with E-state index in [1.807, 2.05) is 32.3 Å². The molecule has 0 amide bonds. The van der Waals surface area contributed by atoms with Crippen LogP contribution in [0.3, 0.4) is 0 Å². The Morgan fingerprint density at radius 2 is 2.07 bits per heavy atom. The summed E-state index contributed by atoms with van der Waals surface area (Å²) in [5.41, 5.74) is 7.64. The highest BCUT2D eigenvalue weighted by molar-refractivity contribution is 5.87. The van der Waals surface area contributed by atoms with Crippen LogP contribution in [0.15, 0.2) is 41.2 Å². The lowest BCUT2D eigenvalue weighted by Crippen LogP contribution is -1.99. The summed E-state index contributed by atoms with van der Waals surface area (Å²) in [5, 5.41) is 4.14. The van der Waals surface area contributed by atoms with Crippen molar-refractivity contribution in [2.75, 3.05) is 0 Å². The molecular weight excluding hydrogens is 336 g/mol. The van der Waals surface area contributed by atoms with Gasteiger partial charge in [-0.3, -0.25) is 4.98 Å². The van der Waals surface area contributed by atoms with E-state index in [2.05, 4.69) is 40.2 Å². The molecule has 3 heterocycles. The van der Waals surface area contributed by atoms with Crippen LogP contribution in [0, 0.1) is 13.8 Å². The zero-order valence-electron chi connectivity index (χ0n) is 15.8. The summed E-state index contributed by atoms with van der Waals surface area (Å²) in [7, 11) is 0. The van der Waals surface area contributed by atoms with Gasteiger partial charge < -0.3 is 9.51 Å². The number of hydrogen-bond acceptors (Lipinski definition) is 4. The van der Waals surface area contributed by atoms with Gasteiger partial charge in [0.25, 0.3) is 0 Å². The van der Waals surface area contributed by atoms with E-state index in [1.54, 1.807) is 0 Å². The lowest BCUT2D eigenvalue weighted by Gasteiger charge is -2.14. The van der Waals surface area contributed by atoms with Gasteiger partial charge in [0.05, 0.1) is 16.7 Å². The Labute approximate surface area is 157 Å². The summed E-state index contributed by atoms with van der Waals surface area (Å²) in [5.74, 6) is 2.73. The van der Waals surface area contributed by atoms with Gasteiger partial charge in [0.1, 0.15) is 11.6 Å². The van der Waals surface area contributed by atoms with Crippen molar-refractivity contribution < 1.29 is 4.52 Å². The molecule has 1 aliphatic carbocycles. The van der Waals surface area contributed by atoms with Gasteiger partial charge in [-0.15, -0.1) is 0 Å². The van der Waals surface area contributed by atoms with Crippen molar-refractivity contribution in [3.05, 3.63) is 65.1 Å². The standard InChI is InChI=1S/C22H22N4O/c1-12(16-5-4-8-23-11-16)18-9-17(20-13(2)26-27-14(20)3)10-19-21(18)25-22(24-19)15-6-7-15/h4-5,8-12,15H,6-7H2,1-3H3,(H,24,25). The Balaban J connectivity index is 1.74. The van der Waals surface area contributed by atoms with Crippen molar-refractivity contribution in [1.29, 1.82) is 0 Å². The fourth-order valence-corrected chi connectivity index (χ4v) is 3.89. The highest BCUT2D eigenvalue weighted by atomic mass is 16.5. The van der Waals surface area contributed by atoms with Crippen molar-refractivity contribution in [2.45, 2.75) is 45.4 Å². The maximum Gasteiger partial charge on any atom is 0.141 e. The van der Waals surface area contributed by atoms with E-state index in [0.717, 1.165) is 39.4 Å². The number of nitrogens with one attached hydrogen (secondary N) is 1. The molecule has 1 fully saturated rings. The SMILES string of the molecule is Cc1noc(C)c1-c1cc(C(C)c2cccnc2)c2nc(C3CC3)[nH]c2c1. The topological polar surface area (TPSA) is 67.6 Å². The van der Waals surface area contributed by atoms with Gasteiger partial charge in [0.15, 0.2) is 0 Å². The number of benzene rings is 1. The highest BCUT2D eigenvalue weighted by Crippen LogP contribution is 2.41. The Morgan fingerprint density at radius 3 is 2.74 bits per heavy atom. The molecule has 1 atom stereocenters. The average Bonchev–Trinajstić information content (AvgIpc) is 3.36. The van der Waals surface area contributed by atoms with E-state index >= 15 is 0 Å². The maximum absolute atomic E-state index is 5.41. The highest BCUT2D eigenvalue weighted by Gasteiger charge is 2.28. The predicted molar refractivity (Wildman–Crippen MR) is 105 cm³/mol. The number of nitrogens with zero attached hydrogens (tertiary/aromatic N) is 3. The number of hydrogen-bond donors (Lipinski definition) is 1. The molecule has 5 rings (SSSR count). The summed E-state index contributed by atoms with van der Waals surface area (Å²) in [4.78, 5) is 12.8. The van der Waals surface area contributed by atoms with Crippen molar-refractivity contribution in [1.82, 2.24) is 20.1 Å². The van der Waals surface area contributed by atoms with Gasteiger partial charge >= 0.3 is 0 Å². The molecule has 4 aromatic rings. The van der Waals surface area contributed by atoms with Crippen molar-refractivity contribution in [2.24, 2.45) is 0 Å². The quantitative estimate of drug-likeness (QED) is 0.540. The number of pyridine rings is 1. The number of H-pyrrole nitrogens is 1. The summed E-state index contributed by atoms with van der Waals surface area (Å²) >= 11 is 0. The Hall–Kier alpha value is -2.95. The van der Waals surface area contributed by atoms with Gasteiger partial charge in [-0.1, -0.05) is 18.1 Å². The molecule has 3 aromatic heterocycles. The normalized spacial score (nSPS) is 15.4. The largest absolute Gasteiger partial charge is 0.361 e. The second-order valence-corrected chi connectivity index (χ2v) is 7.57. The first-order valence-electron chi connectivity index (χ1n) is 9.48. The third-order valence-corrected chi connectivity index (χ3v) is 5.57. The number of fused-ring (bicyclic) bond motifs is 1. The van der Waals surface area contributed by atoms with Gasteiger partial charge in [-0.25, -0.2) is 4.98 Å². The van der Waals surface area contributed by atoms with Gasteiger partial charge in [0, 0.05) is 29.8 Å². The van der Waals surface area contributed by atoms with Crippen molar-refractivity contribution in [3.8, 4) is 11.1 Å². The molecule has 1 aliphatic rings. The fourth-order valence-electron chi connectivity index (χ4n) is 3.89. The maximum atomic E-state index is 5.41. The molecule has 1 N–H and O–H groups in total. The smallest absolute Gasteiger partial charge is 0.141 e. The zero-order chi connectivity index (χ0) is 18.5. The Bertz CT molecular complexity index is 1100. The van der Waals surface area contributed by atoms with Gasteiger partial charge in [0.2, 0.25) is 0 Å². The molecule has 5 nitrogen and oxygen atoms in total. The zero-order valence-corrected chi connectivity index (χ0v) is 15.8. The van der Waals surface area contributed by atoms with Crippen LogP contribution in [0.4, 0.5) is 0 Å². The minimum atomic E-state index is 0.192. The average molecular weight is 358 g/mol. The molecule has 5 heteroatoms. The van der Waals surface area contributed by atoms with Crippen molar-refractivity contribution in [3.63, 3.8) is 0 Å². The monoisotopic (exact) mass is 358 g/mol. The summed E-state index contributed by atoms with van der Waals surface area (Å²) < 4.78 is 5.41. The molecule has 0 radical (unpaired) electrons. The molecule has 136 valence electrons. The van der Waals surface area contributed by atoms with Crippen LogP contribution >= 0.6 is 0 Å². The first-order valence-corrected chi connectivity index (χ1v) is 9.48. The van der Waals surface area contributed by atoms with E-state index in [4.69, 9.17) is 9.51 Å². The lowest BCUT2D eigenvalue weighted by molar-refractivity contribution is 0.393. The molecule has 1 aromatic carbocycles. The minimum Gasteiger partial charge on any atom is -0.361 e. The second-order valence-electron chi connectivity index (χ2n) is 7.57. The van der Waals surface area contributed by atoms with E-state index in [9.17, 15) is 0 Å². The van der Waals surface area contributed by atoms with E-state index in [-0.39, 0.29) is 5.92 Å². The lowest BCUT2D eigenvalue weighted by atomic mass is 9.90.